The van der Waals surface area contributed by atoms with Gasteiger partial charge in [0.05, 0.1) is 0 Å². The zero-order valence-corrected chi connectivity index (χ0v) is 15.0. The Labute approximate surface area is 150 Å². The normalized spacial score (nSPS) is 12.4. The van der Waals surface area contributed by atoms with E-state index in [9.17, 15) is 14.9 Å². The number of nitrogens with zero attached hydrogens (tertiary/aromatic N) is 1. The van der Waals surface area contributed by atoms with Crippen molar-refractivity contribution in [1.29, 1.82) is 0 Å². The number of hydrogen-bond donors (Lipinski definition) is 0. The highest BCUT2D eigenvalue weighted by molar-refractivity contribution is 5.68. The maximum atomic E-state index is 10.9. The Bertz CT molecular complexity index is 502. The average molecular weight is 347 g/mol. The Morgan fingerprint density at radius 3 is 1.72 bits per heavy atom. The molecule has 0 aliphatic carbocycles. The van der Waals surface area contributed by atoms with Crippen LogP contribution in [-0.4, -0.2) is 11.1 Å². The summed E-state index contributed by atoms with van der Waals surface area (Å²) >= 11 is 0. The third kappa shape index (κ3) is 19.5. The predicted molar refractivity (Wildman–Crippen MR) is 101 cm³/mol. The summed E-state index contributed by atoms with van der Waals surface area (Å²) in [5, 5.41) is 8.85. The highest BCUT2D eigenvalue weighted by atomic mass is 17.0. The van der Waals surface area contributed by atoms with Crippen LogP contribution in [0.25, 0.3) is 0 Å². The molecule has 0 spiro atoms. The minimum atomic E-state index is -1.07. The highest BCUT2D eigenvalue weighted by Crippen LogP contribution is 2.00. The maximum Gasteiger partial charge on any atom is 0.303 e. The van der Waals surface area contributed by atoms with Gasteiger partial charge in [0.25, 0.3) is 0 Å². The first kappa shape index (κ1) is 22.6. The Balaban J connectivity index is 3.53. The van der Waals surface area contributed by atoms with Crippen molar-refractivity contribution < 1.29 is 14.7 Å². The Morgan fingerprint density at radius 2 is 1.28 bits per heavy atom. The van der Waals surface area contributed by atoms with Crippen molar-refractivity contribution in [2.45, 2.75) is 58.3 Å². The minimum Gasteiger partial charge on any atom is -0.268 e. The molecule has 0 saturated carbocycles. The fraction of sp³-hybridized carbons (Fsp3) is 0.450. The molecule has 138 valence electrons. The van der Waals surface area contributed by atoms with E-state index < -0.39 is 11.1 Å². The average Bonchev–Trinajstić information content (AvgIpc) is 2.57. The van der Waals surface area contributed by atoms with Crippen LogP contribution in [0.5, 0.6) is 0 Å². The van der Waals surface area contributed by atoms with Gasteiger partial charge in [-0.3, -0.25) is 4.79 Å². The van der Waals surface area contributed by atoms with Crippen LogP contribution in [0, 0.1) is 10.1 Å². The molecular formula is C20H29NO4. The summed E-state index contributed by atoms with van der Waals surface area (Å²) < 4.78 is 0. The van der Waals surface area contributed by atoms with E-state index in [4.69, 9.17) is 0 Å². The second kappa shape index (κ2) is 17.9. The Hall–Kier alpha value is -2.43. The van der Waals surface area contributed by atoms with E-state index >= 15 is 0 Å². The van der Waals surface area contributed by atoms with E-state index in [0.717, 1.165) is 32.1 Å². The molecule has 0 aliphatic rings. The zero-order valence-electron chi connectivity index (χ0n) is 15.0. The number of hydrogen-bond acceptors (Lipinski definition) is 4. The fourth-order valence-electron chi connectivity index (χ4n) is 1.86. The van der Waals surface area contributed by atoms with Crippen LogP contribution in [0.1, 0.15) is 58.3 Å². The Morgan fingerprint density at radius 1 is 0.840 bits per heavy atom. The molecular weight excluding hydrogens is 318 g/mol. The first-order chi connectivity index (χ1) is 12.2. The van der Waals surface area contributed by atoms with Crippen molar-refractivity contribution in [3.63, 3.8) is 0 Å². The van der Waals surface area contributed by atoms with Gasteiger partial charge in [-0.25, -0.2) is 4.84 Å². The van der Waals surface area contributed by atoms with Gasteiger partial charge in [0.15, 0.2) is 0 Å². The summed E-state index contributed by atoms with van der Waals surface area (Å²) in [7, 11) is 0. The lowest BCUT2D eigenvalue weighted by Gasteiger charge is -1.95. The van der Waals surface area contributed by atoms with Gasteiger partial charge in [0.2, 0.25) is 0 Å². The molecule has 0 unspecified atom stereocenters. The summed E-state index contributed by atoms with van der Waals surface area (Å²) in [4.78, 5) is 24.6. The van der Waals surface area contributed by atoms with E-state index in [0.29, 0.717) is 12.8 Å². The van der Waals surface area contributed by atoms with Gasteiger partial charge in [-0.1, -0.05) is 67.7 Å². The van der Waals surface area contributed by atoms with E-state index in [1.165, 1.54) is 0 Å². The summed E-state index contributed by atoms with van der Waals surface area (Å²) in [6, 6.07) is 0. The van der Waals surface area contributed by atoms with Gasteiger partial charge >= 0.3 is 11.1 Å². The summed E-state index contributed by atoms with van der Waals surface area (Å²) in [5.74, 6) is -0.794. The third-order valence-corrected chi connectivity index (χ3v) is 3.09. The second-order valence-corrected chi connectivity index (χ2v) is 5.29. The lowest BCUT2D eigenvalue weighted by atomic mass is 10.2. The van der Waals surface area contributed by atoms with E-state index in [1.54, 1.807) is 0 Å². The van der Waals surface area contributed by atoms with Crippen molar-refractivity contribution in [2.24, 2.45) is 0 Å². The van der Waals surface area contributed by atoms with Crippen molar-refractivity contribution in [3.05, 3.63) is 70.9 Å². The quantitative estimate of drug-likeness (QED) is 0.176. The minimum absolute atomic E-state index is 0.0648. The van der Waals surface area contributed by atoms with Crippen molar-refractivity contribution in [3.8, 4) is 0 Å². The SMILES string of the molecule is CC/C=C\C/C=C\C/C=C\C/C=C\C/C=C\CCCC(=O)O[N+](=O)[O-]. The summed E-state index contributed by atoms with van der Waals surface area (Å²) in [5.41, 5.74) is 0. The molecule has 0 aromatic carbocycles. The lowest BCUT2D eigenvalue weighted by Crippen LogP contribution is -2.09. The van der Waals surface area contributed by atoms with Crippen LogP contribution >= 0.6 is 0 Å². The van der Waals surface area contributed by atoms with Crippen LogP contribution in [0.4, 0.5) is 0 Å². The molecule has 0 atom stereocenters. The number of carbonyl (C=O) groups excluding carboxylic acids is 1. The van der Waals surface area contributed by atoms with Crippen LogP contribution < -0.4 is 0 Å². The topological polar surface area (TPSA) is 69.4 Å². The number of allylic oxidation sites excluding steroid dienone is 10. The van der Waals surface area contributed by atoms with Crippen LogP contribution in [0.15, 0.2) is 60.8 Å². The molecule has 5 nitrogen and oxygen atoms in total. The van der Waals surface area contributed by atoms with Crippen molar-refractivity contribution >= 4 is 5.97 Å². The van der Waals surface area contributed by atoms with E-state index in [-0.39, 0.29) is 6.42 Å². The van der Waals surface area contributed by atoms with Gasteiger partial charge in [0.1, 0.15) is 0 Å². The monoisotopic (exact) mass is 347 g/mol. The van der Waals surface area contributed by atoms with Gasteiger partial charge in [-0.05, 0) is 44.9 Å². The molecule has 0 rings (SSSR count). The highest BCUT2D eigenvalue weighted by Gasteiger charge is 2.05. The molecule has 0 heterocycles. The maximum absolute atomic E-state index is 10.9. The van der Waals surface area contributed by atoms with Crippen molar-refractivity contribution in [2.75, 3.05) is 0 Å². The third-order valence-electron chi connectivity index (χ3n) is 3.09. The number of carbonyl (C=O) groups is 1. The fourth-order valence-corrected chi connectivity index (χ4v) is 1.86. The molecule has 0 aliphatic heterocycles. The molecule has 0 amide bonds. The van der Waals surface area contributed by atoms with Crippen LogP contribution in [-0.2, 0) is 9.63 Å². The molecule has 0 saturated heterocycles. The van der Waals surface area contributed by atoms with Crippen LogP contribution in [0.3, 0.4) is 0 Å². The molecule has 0 aromatic heterocycles. The van der Waals surface area contributed by atoms with Gasteiger partial charge in [-0.15, -0.1) is 10.1 Å². The van der Waals surface area contributed by atoms with E-state index in [1.807, 2.05) is 12.2 Å². The van der Waals surface area contributed by atoms with Gasteiger partial charge in [0, 0.05) is 6.42 Å². The molecule has 0 N–H and O–H groups in total. The molecule has 0 aromatic rings. The smallest absolute Gasteiger partial charge is 0.268 e. The van der Waals surface area contributed by atoms with E-state index in [2.05, 4.69) is 60.4 Å². The molecule has 25 heavy (non-hydrogen) atoms. The first-order valence-electron chi connectivity index (χ1n) is 8.77. The summed E-state index contributed by atoms with van der Waals surface area (Å²) in [6.07, 6.45) is 27.3. The largest absolute Gasteiger partial charge is 0.303 e. The first-order valence-corrected chi connectivity index (χ1v) is 8.77. The summed E-state index contributed by atoms with van der Waals surface area (Å²) in [6.45, 7) is 2.13. The second-order valence-electron chi connectivity index (χ2n) is 5.29. The number of rotatable bonds is 14. The van der Waals surface area contributed by atoms with Gasteiger partial charge < -0.3 is 0 Å². The van der Waals surface area contributed by atoms with Crippen LogP contribution in [0.2, 0.25) is 0 Å². The molecule has 5 heteroatoms. The Kier molecular flexibility index (Phi) is 16.2. The molecule has 0 bridgehead atoms. The standard InChI is InChI=1S/C20H29NO4/c1-2-3-4-5-6-7-8-9-10-11-12-13-14-15-16-17-18-19-20(22)25-21(23)24/h3-4,6-7,9-10,12-13,15-16H,2,5,8,11,14,17-19H2,1H3/b4-3-,7-6-,10-9-,13-12-,16-15-. The lowest BCUT2D eigenvalue weighted by molar-refractivity contribution is -0.729. The van der Waals surface area contributed by atoms with Gasteiger partial charge in [-0.2, -0.15) is 0 Å². The molecule has 0 radical (unpaired) electrons. The zero-order chi connectivity index (χ0) is 18.6. The van der Waals surface area contributed by atoms with Crippen molar-refractivity contribution in [1.82, 2.24) is 0 Å². The molecule has 0 fully saturated rings. The number of unbranched alkanes of at least 4 members (excludes halogenated alkanes) is 1. The predicted octanol–water partition coefficient (Wildman–Crippen LogP) is 5.64.